The van der Waals surface area contributed by atoms with Crippen molar-refractivity contribution in [2.75, 3.05) is 5.32 Å². The van der Waals surface area contributed by atoms with Crippen LogP contribution in [0.3, 0.4) is 0 Å². The Morgan fingerprint density at radius 3 is 2.68 bits per heavy atom. The molecule has 0 saturated heterocycles. The first-order valence-corrected chi connectivity index (χ1v) is 6.94. The number of benzene rings is 2. The Bertz CT molecular complexity index is 593. The molecule has 1 N–H and O–H groups in total. The number of alkyl halides is 1. The second-order valence-corrected chi connectivity index (χ2v) is 4.82. The SMILES string of the molecule is Cc1cc(F)cc(C(=O)Nc2ccccc2CBr)c1. The zero-order valence-electron chi connectivity index (χ0n) is 10.4. The lowest BCUT2D eigenvalue weighted by molar-refractivity contribution is 0.102. The fraction of sp³-hybridized carbons (Fsp3) is 0.133. The van der Waals surface area contributed by atoms with Crippen LogP contribution in [-0.2, 0) is 5.33 Å². The summed E-state index contributed by atoms with van der Waals surface area (Å²) in [6.07, 6.45) is 0. The predicted octanol–water partition coefficient (Wildman–Crippen LogP) is 4.28. The minimum absolute atomic E-state index is 0.309. The van der Waals surface area contributed by atoms with Crippen molar-refractivity contribution in [3.63, 3.8) is 0 Å². The lowest BCUT2D eigenvalue weighted by atomic mass is 10.1. The largest absolute Gasteiger partial charge is 0.322 e. The molecule has 0 fully saturated rings. The van der Waals surface area contributed by atoms with Crippen molar-refractivity contribution in [3.05, 3.63) is 65.0 Å². The molecule has 1 amide bonds. The third kappa shape index (κ3) is 3.41. The number of aryl methyl sites for hydroxylation is 1. The number of carbonyl (C=O) groups is 1. The summed E-state index contributed by atoms with van der Waals surface area (Å²) in [5.41, 5.74) is 2.75. The summed E-state index contributed by atoms with van der Waals surface area (Å²) in [6, 6.07) is 11.8. The highest BCUT2D eigenvalue weighted by atomic mass is 79.9. The standard InChI is InChI=1S/C15H13BrFNO/c1-10-6-12(8-13(17)7-10)15(19)18-14-5-3-2-4-11(14)9-16/h2-8H,9H2,1H3,(H,18,19). The van der Waals surface area contributed by atoms with Crippen molar-refractivity contribution < 1.29 is 9.18 Å². The second kappa shape index (κ2) is 5.97. The third-order valence-corrected chi connectivity index (χ3v) is 3.32. The van der Waals surface area contributed by atoms with E-state index in [1.807, 2.05) is 24.3 Å². The van der Waals surface area contributed by atoms with Crippen LogP contribution in [-0.4, -0.2) is 5.91 Å². The highest BCUT2D eigenvalue weighted by molar-refractivity contribution is 9.08. The molecule has 0 radical (unpaired) electrons. The summed E-state index contributed by atoms with van der Waals surface area (Å²) in [5, 5.41) is 3.44. The van der Waals surface area contributed by atoms with Crippen LogP contribution in [0.25, 0.3) is 0 Å². The number of amides is 1. The Morgan fingerprint density at radius 1 is 1.26 bits per heavy atom. The summed E-state index contributed by atoms with van der Waals surface area (Å²) in [5.74, 6) is -0.713. The van der Waals surface area contributed by atoms with Gasteiger partial charge in [0.15, 0.2) is 0 Å². The minimum Gasteiger partial charge on any atom is -0.322 e. The molecule has 98 valence electrons. The molecule has 0 bridgehead atoms. The van der Waals surface area contributed by atoms with Crippen molar-refractivity contribution in [1.82, 2.24) is 0 Å². The van der Waals surface area contributed by atoms with Gasteiger partial charge in [-0.1, -0.05) is 34.1 Å². The maximum Gasteiger partial charge on any atom is 0.255 e. The molecule has 2 rings (SSSR count). The van der Waals surface area contributed by atoms with E-state index in [4.69, 9.17) is 0 Å². The van der Waals surface area contributed by atoms with Crippen LogP contribution in [0.4, 0.5) is 10.1 Å². The van der Waals surface area contributed by atoms with Crippen molar-refractivity contribution in [3.8, 4) is 0 Å². The molecule has 2 nitrogen and oxygen atoms in total. The van der Waals surface area contributed by atoms with Gasteiger partial charge >= 0.3 is 0 Å². The predicted molar refractivity (Wildman–Crippen MR) is 78.2 cm³/mol. The highest BCUT2D eigenvalue weighted by Crippen LogP contribution is 2.19. The van der Waals surface area contributed by atoms with Gasteiger partial charge in [0.05, 0.1) is 0 Å². The molecule has 0 saturated carbocycles. The van der Waals surface area contributed by atoms with Gasteiger partial charge in [-0.3, -0.25) is 4.79 Å². The first-order valence-electron chi connectivity index (χ1n) is 5.82. The van der Waals surface area contributed by atoms with Gasteiger partial charge in [0, 0.05) is 16.6 Å². The zero-order valence-corrected chi connectivity index (χ0v) is 12.0. The Kier molecular flexibility index (Phi) is 4.32. The van der Waals surface area contributed by atoms with E-state index in [0.717, 1.165) is 16.8 Å². The van der Waals surface area contributed by atoms with Crippen molar-refractivity contribution in [2.24, 2.45) is 0 Å². The Morgan fingerprint density at radius 2 is 2.00 bits per heavy atom. The molecule has 0 spiro atoms. The fourth-order valence-corrected chi connectivity index (χ4v) is 2.31. The highest BCUT2D eigenvalue weighted by Gasteiger charge is 2.10. The number of halogens is 2. The van der Waals surface area contributed by atoms with E-state index in [2.05, 4.69) is 21.2 Å². The van der Waals surface area contributed by atoms with Gasteiger partial charge in [-0.05, 0) is 42.3 Å². The van der Waals surface area contributed by atoms with E-state index in [1.54, 1.807) is 13.0 Å². The first-order chi connectivity index (χ1) is 9.10. The third-order valence-electron chi connectivity index (χ3n) is 2.71. The summed E-state index contributed by atoms with van der Waals surface area (Å²) in [7, 11) is 0. The molecule has 0 aliphatic carbocycles. The molecule has 0 atom stereocenters. The normalized spacial score (nSPS) is 10.3. The number of carbonyl (C=O) groups excluding carboxylic acids is 1. The Labute approximate surface area is 119 Å². The number of nitrogens with one attached hydrogen (secondary N) is 1. The van der Waals surface area contributed by atoms with Crippen LogP contribution in [0, 0.1) is 12.7 Å². The van der Waals surface area contributed by atoms with Crippen LogP contribution in [0.15, 0.2) is 42.5 Å². The van der Waals surface area contributed by atoms with Crippen LogP contribution in [0.1, 0.15) is 21.5 Å². The summed E-state index contributed by atoms with van der Waals surface area (Å²) >= 11 is 3.37. The van der Waals surface area contributed by atoms with Crippen LogP contribution in [0.2, 0.25) is 0 Å². The first kappa shape index (κ1) is 13.7. The van der Waals surface area contributed by atoms with E-state index >= 15 is 0 Å². The maximum atomic E-state index is 13.3. The van der Waals surface area contributed by atoms with Gasteiger partial charge in [-0.25, -0.2) is 4.39 Å². The van der Waals surface area contributed by atoms with Gasteiger partial charge in [-0.15, -0.1) is 0 Å². The van der Waals surface area contributed by atoms with Crippen LogP contribution >= 0.6 is 15.9 Å². The van der Waals surface area contributed by atoms with E-state index in [9.17, 15) is 9.18 Å². The quantitative estimate of drug-likeness (QED) is 0.840. The smallest absolute Gasteiger partial charge is 0.255 e. The number of rotatable bonds is 3. The summed E-state index contributed by atoms with van der Waals surface area (Å²) in [4.78, 5) is 12.1. The molecule has 0 aromatic heterocycles. The Balaban J connectivity index is 2.25. The van der Waals surface area contributed by atoms with Gasteiger partial charge < -0.3 is 5.32 Å². The fourth-order valence-electron chi connectivity index (χ4n) is 1.82. The summed E-state index contributed by atoms with van der Waals surface area (Å²) in [6.45, 7) is 1.76. The van der Waals surface area contributed by atoms with Gasteiger partial charge in [0.25, 0.3) is 5.91 Å². The molecule has 19 heavy (non-hydrogen) atoms. The molecular weight excluding hydrogens is 309 g/mol. The number of anilines is 1. The molecule has 0 aliphatic heterocycles. The van der Waals surface area contributed by atoms with E-state index in [1.165, 1.54) is 12.1 Å². The number of para-hydroxylation sites is 1. The molecular formula is C15H13BrFNO. The molecule has 0 unspecified atom stereocenters. The van der Waals surface area contributed by atoms with Crippen molar-refractivity contribution >= 4 is 27.5 Å². The van der Waals surface area contributed by atoms with Crippen molar-refractivity contribution in [2.45, 2.75) is 12.3 Å². The lowest BCUT2D eigenvalue weighted by Crippen LogP contribution is -2.13. The number of hydrogen-bond acceptors (Lipinski definition) is 1. The zero-order chi connectivity index (χ0) is 13.8. The molecule has 0 heterocycles. The summed E-state index contributed by atoms with van der Waals surface area (Å²) < 4.78 is 13.3. The van der Waals surface area contributed by atoms with E-state index in [-0.39, 0.29) is 5.91 Å². The molecule has 2 aromatic rings. The Hall–Kier alpha value is -1.68. The second-order valence-electron chi connectivity index (χ2n) is 4.26. The average molecular weight is 322 g/mol. The lowest BCUT2D eigenvalue weighted by Gasteiger charge is -2.09. The maximum absolute atomic E-state index is 13.3. The molecule has 2 aromatic carbocycles. The molecule has 0 aliphatic rings. The van der Waals surface area contributed by atoms with Crippen LogP contribution in [0.5, 0.6) is 0 Å². The van der Waals surface area contributed by atoms with Gasteiger partial charge in [0.1, 0.15) is 5.82 Å². The minimum atomic E-state index is -0.404. The van der Waals surface area contributed by atoms with E-state index in [0.29, 0.717) is 10.9 Å². The average Bonchev–Trinajstić information content (AvgIpc) is 2.38. The molecule has 4 heteroatoms. The van der Waals surface area contributed by atoms with Crippen molar-refractivity contribution in [1.29, 1.82) is 0 Å². The van der Waals surface area contributed by atoms with Crippen LogP contribution < -0.4 is 5.32 Å². The van der Waals surface area contributed by atoms with E-state index < -0.39 is 5.82 Å². The topological polar surface area (TPSA) is 29.1 Å². The van der Waals surface area contributed by atoms with Gasteiger partial charge in [0.2, 0.25) is 0 Å². The van der Waals surface area contributed by atoms with Gasteiger partial charge in [-0.2, -0.15) is 0 Å². The number of hydrogen-bond donors (Lipinski definition) is 1. The monoisotopic (exact) mass is 321 g/mol.